The number of fused-ring (bicyclic) bond motifs is 7. The number of hydrogen-bond acceptors (Lipinski definition) is 2. The molecule has 0 unspecified atom stereocenters. The van der Waals surface area contributed by atoms with Crippen molar-refractivity contribution < 1.29 is 0 Å². The lowest BCUT2D eigenvalue weighted by molar-refractivity contribution is 1.18. The van der Waals surface area contributed by atoms with E-state index < -0.39 is 0 Å². The summed E-state index contributed by atoms with van der Waals surface area (Å²) in [6.45, 7) is 0. The Morgan fingerprint density at radius 3 is 0.688 bits per heavy atom. The second kappa shape index (κ2) is 23.7. The molecule has 0 spiro atoms. The van der Waals surface area contributed by atoms with Crippen LogP contribution < -0.4 is 0 Å². The van der Waals surface area contributed by atoms with Gasteiger partial charge in [-0.2, -0.15) is 0 Å². The van der Waals surface area contributed by atoms with Crippen LogP contribution in [0.1, 0.15) is 0 Å². The number of rotatable bonds is 12. The van der Waals surface area contributed by atoms with Crippen LogP contribution in [0, 0.1) is 0 Å². The molecule has 0 atom stereocenters. The number of nitrogens with zero attached hydrogens (tertiary/aromatic N) is 4. The third kappa shape index (κ3) is 9.87. The van der Waals surface area contributed by atoms with E-state index in [1.54, 1.807) is 0 Å². The highest BCUT2D eigenvalue weighted by atomic mass is 15.0. The van der Waals surface area contributed by atoms with Crippen molar-refractivity contribution in [2.24, 2.45) is 0 Å². The topological polar surface area (TPSA) is 35.6 Å². The van der Waals surface area contributed by atoms with Gasteiger partial charge in [0.15, 0.2) is 0 Å². The van der Waals surface area contributed by atoms with E-state index in [1.165, 1.54) is 66.1 Å². The average Bonchev–Trinajstić information content (AvgIpc) is 1.52. The maximum Gasteiger partial charge on any atom is 0.0979 e. The van der Waals surface area contributed by atoms with Crippen molar-refractivity contribution in [1.82, 2.24) is 19.1 Å². The van der Waals surface area contributed by atoms with Gasteiger partial charge in [0.25, 0.3) is 0 Å². The number of hydrogen-bond donors (Lipinski definition) is 0. The molecule has 0 bridgehead atoms. The van der Waals surface area contributed by atoms with Gasteiger partial charge in [-0.25, -0.2) is 9.97 Å². The van der Waals surface area contributed by atoms with Crippen LogP contribution in [-0.4, -0.2) is 19.1 Å². The highest BCUT2D eigenvalue weighted by Crippen LogP contribution is 2.46. The van der Waals surface area contributed by atoms with Crippen molar-refractivity contribution in [2.45, 2.75) is 0 Å². The van der Waals surface area contributed by atoms with Gasteiger partial charge in [-0.05, 0) is 151 Å². The zero-order chi connectivity index (χ0) is 63.5. The van der Waals surface area contributed by atoms with Crippen molar-refractivity contribution in [3.05, 3.63) is 364 Å². The molecule has 3 aromatic heterocycles. The van der Waals surface area contributed by atoms with Crippen LogP contribution in [0.5, 0.6) is 0 Å². The number of aromatic nitrogens is 4. The zero-order valence-corrected chi connectivity index (χ0v) is 52.4. The predicted octanol–water partition coefficient (Wildman–Crippen LogP) is 24.5. The summed E-state index contributed by atoms with van der Waals surface area (Å²) in [6, 6.07) is 132. The average molecular weight is 1220 g/mol. The van der Waals surface area contributed by atoms with Crippen LogP contribution in [0.2, 0.25) is 0 Å². The summed E-state index contributed by atoms with van der Waals surface area (Å²) < 4.78 is 4.83. The molecule has 15 aromatic carbocycles. The lowest BCUT2D eigenvalue weighted by atomic mass is 9.89. The largest absolute Gasteiger partial charge is 0.309 e. The Kier molecular flexibility index (Phi) is 13.8. The van der Waals surface area contributed by atoms with Crippen molar-refractivity contribution in [2.75, 3.05) is 0 Å². The Balaban J connectivity index is 0.855. The molecule has 0 aliphatic carbocycles. The molecule has 448 valence electrons. The summed E-state index contributed by atoms with van der Waals surface area (Å²) in [5, 5.41) is 4.79. The summed E-state index contributed by atoms with van der Waals surface area (Å²) in [6.07, 6.45) is 0. The van der Waals surface area contributed by atoms with Gasteiger partial charge in [0.05, 0.1) is 44.5 Å². The van der Waals surface area contributed by atoms with Crippen molar-refractivity contribution in [3.8, 4) is 123 Å². The summed E-state index contributed by atoms with van der Waals surface area (Å²) in [5.41, 5.74) is 29.9. The molecule has 0 N–H and O–H groups in total. The molecule has 18 aromatic rings. The van der Waals surface area contributed by atoms with E-state index in [0.717, 1.165) is 111 Å². The van der Waals surface area contributed by atoms with E-state index >= 15 is 0 Å². The lowest BCUT2D eigenvalue weighted by Crippen LogP contribution is -2.01. The van der Waals surface area contributed by atoms with Crippen LogP contribution in [0.3, 0.4) is 0 Å². The monoisotopic (exact) mass is 1220 g/mol. The van der Waals surface area contributed by atoms with Crippen LogP contribution in [0.25, 0.3) is 178 Å². The van der Waals surface area contributed by atoms with E-state index in [2.05, 4.69) is 373 Å². The third-order valence-corrected chi connectivity index (χ3v) is 19.2. The highest BCUT2D eigenvalue weighted by molar-refractivity contribution is 6.14. The Bertz CT molecular complexity index is 5380. The van der Waals surface area contributed by atoms with E-state index in [4.69, 9.17) is 9.97 Å². The van der Waals surface area contributed by atoms with Gasteiger partial charge in [0.1, 0.15) is 0 Å². The van der Waals surface area contributed by atoms with Gasteiger partial charge in [-0.1, -0.05) is 291 Å². The molecular formula is C92H60N4. The van der Waals surface area contributed by atoms with Gasteiger partial charge in [-0.15, -0.1) is 0 Å². The first-order valence-corrected chi connectivity index (χ1v) is 32.9. The molecule has 4 heteroatoms. The number of benzene rings is 15. The molecule has 0 amide bonds. The Morgan fingerprint density at radius 1 is 0.167 bits per heavy atom. The molecule has 0 saturated carbocycles. The van der Waals surface area contributed by atoms with Gasteiger partial charge >= 0.3 is 0 Å². The molecule has 3 heterocycles. The van der Waals surface area contributed by atoms with Crippen LogP contribution in [0.15, 0.2) is 364 Å². The molecule has 0 fully saturated rings. The molecule has 0 saturated heterocycles. The second-order valence-corrected chi connectivity index (χ2v) is 24.8. The normalized spacial score (nSPS) is 11.5. The fourth-order valence-corrected chi connectivity index (χ4v) is 14.5. The van der Waals surface area contributed by atoms with Crippen molar-refractivity contribution >= 4 is 54.6 Å². The van der Waals surface area contributed by atoms with Crippen LogP contribution >= 0.6 is 0 Å². The zero-order valence-electron chi connectivity index (χ0n) is 52.4. The highest BCUT2D eigenvalue weighted by Gasteiger charge is 2.24. The maximum atomic E-state index is 6.04. The minimum atomic E-state index is 0.787. The predicted molar refractivity (Wildman–Crippen MR) is 403 cm³/mol. The summed E-state index contributed by atoms with van der Waals surface area (Å²) >= 11 is 0. The van der Waals surface area contributed by atoms with Gasteiger partial charge in [-0.3, -0.25) is 0 Å². The maximum absolute atomic E-state index is 6.04. The third-order valence-electron chi connectivity index (χ3n) is 19.2. The molecule has 96 heavy (non-hydrogen) atoms. The quantitative estimate of drug-likeness (QED) is 0.122. The van der Waals surface area contributed by atoms with E-state index in [1.807, 2.05) is 0 Å². The molecule has 0 aliphatic heterocycles. The van der Waals surface area contributed by atoms with Crippen LogP contribution in [-0.2, 0) is 0 Å². The molecule has 0 radical (unpaired) electrons. The summed E-state index contributed by atoms with van der Waals surface area (Å²) in [5.74, 6) is 0. The van der Waals surface area contributed by atoms with Crippen LogP contribution in [0.4, 0.5) is 0 Å². The smallest absolute Gasteiger partial charge is 0.0979 e. The van der Waals surface area contributed by atoms with Gasteiger partial charge in [0.2, 0.25) is 0 Å². The summed E-state index contributed by atoms with van der Waals surface area (Å²) in [4.78, 5) is 12.1. The lowest BCUT2D eigenvalue weighted by Gasteiger charge is -2.19. The Morgan fingerprint density at radius 2 is 0.406 bits per heavy atom. The first-order valence-electron chi connectivity index (χ1n) is 32.9. The second-order valence-electron chi connectivity index (χ2n) is 24.8. The Labute approximate surface area is 557 Å². The SMILES string of the molecule is c1ccc(-c2ccc3c(c2)c2cc(-c4ccccc4)ccc2n3-c2ccc(-c3nc4c(-c5ccccc5-c5ccccc5)ccc(-c5ccccc5-c5ccccc5)c4nc3-c3ccc(-n4c5ccc(-c6ccccc6)cc5c5cc(-c6ccccc6)ccc54)cc3)cc2)cc1. The Hall–Kier alpha value is -12.8. The van der Waals surface area contributed by atoms with Gasteiger partial charge in [0, 0.05) is 55.2 Å². The first kappa shape index (κ1) is 56.0. The molecule has 18 rings (SSSR count). The standard InChI is InChI=1S/C92H60N4/c1-7-23-61(24-8-1)69-43-53-85-81(57-69)82-58-70(62-25-9-2-10-26-62)44-54-86(82)95(85)73-47-39-67(40-48-73)89-90(68-41-49-74(50-42-68)96-87-55-45-71(63-27-11-3-12-28-63)59-83(87)84-60-72(46-56-88(84)96)64-29-13-4-14-30-64)94-92-80(78-38-22-20-36-76(78)66-33-17-6-18-34-66)52-51-79(91(92)93-89)77-37-21-19-35-75(77)65-31-15-5-16-32-65/h1-60H. The summed E-state index contributed by atoms with van der Waals surface area (Å²) in [7, 11) is 0. The van der Waals surface area contributed by atoms with Crippen molar-refractivity contribution in [1.29, 1.82) is 0 Å². The van der Waals surface area contributed by atoms with E-state index in [-0.39, 0.29) is 0 Å². The van der Waals surface area contributed by atoms with E-state index in [9.17, 15) is 0 Å². The first-order chi connectivity index (χ1) is 47.6. The molecule has 0 aliphatic rings. The minimum Gasteiger partial charge on any atom is -0.309 e. The fraction of sp³-hybridized carbons (Fsp3) is 0. The molecule has 4 nitrogen and oxygen atoms in total. The minimum absolute atomic E-state index is 0.787. The fourth-order valence-electron chi connectivity index (χ4n) is 14.5. The van der Waals surface area contributed by atoms with E-state index in [0.29, 0.717) is 0 Å². The van der Waals surface area contributed by atoms with Gasteiger partial charge < -0.3 is 9.13 Å². The van der Waals surface area contributed by atoms with Crippen molar-refractivity contribution in [3.63, 3.8) is 0 Å². The molecular weight excluding hydrogens is 1160 g/mol.